The molecule has 0 spiro atoms. The molecule has 1 fully saturated rings. The van der Waals surface area contributed by atoms with Crippen LogP contribution < -0.4 is 10.1 Å². The molecule has 26 heavy (non-hydrogen) atoms. The highest BCUT2D eigenvalue weighted by atomic mass is 32.1. The molecule has 148 valence electrons. The van der Waals surface area contributed by atoms with E-state index < -0.39 is 6.03 Å². The van der Waals surface area contributed by atoms with Crippen LogP contribution in [0.4, 0.5) is 4.79 Å². The minimum Gasteiger partial charge on any atom is -0.394 e. The molecular weight excluding hydrogens is 352 g/mol. The molecule has 0 radical (unpaired) electrons. The van der Waals surface area contributed by atoms with Gasteiger partial charge in [0.2, 0.25) is 4.80 Å². The third-order valence-corrected chi connectivity index (χ3v) is 5.54. The molecule has 1 aromatic rings. The summed E-state index contributed by atoms with van der Waals surface area (Å²) in [7, 11) is 0. The average Bonchev–Trinajstić information content (AvgIpc) is 3.16. The van der Waals surface area contributed by atoms with E-state index in [1.807, 2.05) is 0 Å². The van der Waals surface area contributed by atoms with Crippen LogP contribution in [0.2, 0.25) is 0 Å². The Labute approximate surface area is 159 Å². The first-order valence-electron chi connectivity index (χ1n) is 9.35. The largest absolute Gasteiger partial charge is 0.394 e. The summed E-state index contributed by atoms with van der Waals surface area (Å²) in [5.41, 5.74) is -0.113. The number of nitrogens with one attached hydrogen (secondary N) is 1. The number of aromatic nitrogens is 2. The van der Waals surface area contributed by atoms with Crippen molar-refractivity contribution >= 4 is 17.4 Å². The topological polar surface area (TPSA) is 88.7 Å². The maximum absolute atomic E-state index is 12.4. The van der Waals surface area contributed by atoms with Crippen molar-refractivity contribution in [1.82, 2.24) is 15.1 Å². The summed E-state index contributed by atoms with van der Waals surface area (Å²) in [6.45, 7) is 11.7. The van der Waals surface area contributed by atoms with Gasteiger partial charge in [0.25, 0.3) is 0 Å². The highest BCUT2D eigenvalue weighted by Crippen LogP contribution is 2.22. The zero-order valence-corrected chi connectivity index (χ0v) is 17.3. The summed E-state index contributed by atoms with van der Waals surface area (Å²) in [5, 5.41) is 17.9. The lowest BCUT2D eigenvalue weighted by Gasteiger charge is -2.16. The number of carbonyl (C=O) groups is 1. The third kappa shape index (κ3) is 6.17. The summed E-state index contributed by atoms with van der Waals surface area (Å²) in [4.78, 5) is 17.2. The number of amides is 2. The van der Waals surface area contributed by atoms with Gasteiger partial charge in [-0.25, -0.2) is 9.48 Å². The van der Waals surface area contributed by atoms with Gasteiger partial charge in [0, 0.05) is 12.0 Å². The van der Waals surface area contributed by atoms with E-state index in [2.05, 4.69) is 50.0 Å². The molecule has 2 atom stereocenters. The van der Waals surface area contributed by atoms with Crippen LogP contribution in [0, 0.1) is 5.92 Å². The van der Waals surface area contributed by atoms with Crippen molar-refractivity contribution in [3.05, 3.63) is 9.81 Å². The third-order valence-electron chi connectivity index (χ3n) is 4.16. The van der Waals surface area contributed by atoms with E-state index in [4.69, 9.17) is 4.74 Å². The zero-order valence-electron chi connectivity index (χ0n) is 16.5. The molecule has 1 aliphatic rings. The summed E-state index contributed by atoms with van der Waals surface area (Å²) in [5.74, 6) is 0.382. The normalized spacial score (nSPS) is 20.0. The number of urea groups is 1. The van der Waals surface area contributed by atoms with E-state index in [1.54, 1.807) is 4.68 Å². The Bertz CT molecular complexity index is 654. The first-order chi connectivity index (χ1) is 12.2. The summed E-state index contributed by atoms with van der Waals surface area (Å²) >= 11 is 1.43. The van der Waals surface area contributed by atoms with E-state index in [9.17, 15) is 9.90 Å². The maximum Gasteiger partial charge on any atom is 0.343 e. The molecule has 0 aliphatic carbocycles. The molecule has 1 unspecified atom stereocenters. The van der Waals surface area contributed by atoms with Crippen molar-refractivity contribution in [3.8, 4) is 0 Å². The quantitative estimate of drug-likeness (QED) is 0.788. The van der Waals surface area contributed by atoms with Crippen molar-refractivity contribution in [2.75, 3.05) is 13.2 Å². The minimum atomic E-state index is -0.435. The number of hydrogen-bond acceptors (Lipinski definition) is 5. The minimum absolute atomic E-state index is 0.0920. The number of carbonyl (C=O) groups excluding carboxylic acids is 1. The Kier molecular flexibility index (Phi) is 7.37. The lowest BCUT2D eigenvalue weighted by Crippen LogP contribution is -2.38. The van der Waals surface area contributed by atoms with Gasteiger partial charge in [0.05, 0.1) is 25.3 Å². The van der Waals surface area contributed by atoms with Gasteiger partial charge in [-0.1, -0.05) is 46.0 Å². The van der Waals surface area contributed by atoms with E-state index in [-0.39, 0.29) is 24.2 Å². The molecule has 2 rings (SSSR count). The first kappa shape index (κ1) is 21.1. The molecule has 7 nitrogen and oxygen atoms in total. The fourth-order valence-electron chi connectivity index (χ4n) is 2.84. The maximum atomic E-state index is 12.4. The van der Waals surface area contributed by atoms with E-state index >= 15 is 0 Å². The Morgan fingerprint density at radius 2 is 2.23 bits per heavy atom. The second-order valence-corrected chi connectivity index (χ2v) is 9.28. The number of ether oxygens (including phenoxy) is 1. The van der Waals surface area contributed by atoms with Gasteiger partial charge in [0.1, 0.15) is 5.01 Å². The van der Waals surface area contributed by atoms with E-state index in [1.165, 1.54) is 11.3 Å². The van der Waals surface area contributed by atoms with Crippen LogP contribution in [-0.4, -0.2) is 46.3 Å². The van der Waals surface area contributed by atoms with Gasteiger partial charge in [-0.05, 0) is 25.2 Å². The SMILES string of the molecule is CC(C)CC(CO)NC(=O)N=c1sc(C(C)(C)C)nn1C[C@H]1CCCO1. The van der Waals surface area contributed by atoms with Gasteiger partial charge in [0.15, 0.2) is 0 Å². The van der Waals surface area contributed by atoms with Crippen molar-refractivity contribution in [1.29, 1.82) is 0 Å². The zero-order chi connectivity index (χ0) is 19.3. The van der Waals surface area contributed by atoms with Gasteiger partial charge < -0.3 is 15.2 Å². The molecule has 0 bridgehead atoms. The van der Waals surface area contributed by atoms with Gasteiger partial charge in [-0.3, -0.25) is 0 Å². The number of nitrogens with zero attached hydrogens (tertiary/aromatic N) is 3. The van der Waals surface area contributed by atoms with Crippen LogP contribution in [0.1, 0.15) is 58.9 Å². The molecule has 8 heteroatoms. The van der Waals surface area contributed by atoms with E-state index in [0.717, 1.165) is 24.5 Å². The molecule has 1 saturated heterocycles. The van der Waals surface area contributed by atoms with Crippen LogP contribution in [-0.2, 0) is 16.7 Å². The molecule has 2 N–H and O–H groups in total. The molecule has 1 aliphatic heterocycles. The second-order valence-electron chi connectivity index (χ2n) is 8.33. The van der Waals surface area contributed by atoms with Crippen LogP contribution in [0.3, 0.4) is 0 Å². The molecule has 2 amide bonds. The Morgan fingerprint density at radius 1 is 1.50 bits per heavy atom. The Morgan fingerprint density at radius 3 is 2.77 bits per heavy atom. The Hall–Kier alpha value is -1.25. The summed E-state index contributed by atoms with van der Waals surface area (Å²) in [6, 6.07) is -0.720. The highest BCUT2D eigenvalue weighted by Gasteiger charge is 2.23. The fourth-order valence-corrected chi connectivity index (χ4v) is 3.81. The van der Waals surface area contributed by atoms with Crippen molar-refractivity contribution in [2.24, 2.45) is 10.9 Å². The monoisotopic (exact) mass is 384 g/mol. The van der Waals surface area contributed by atoms with Gasteiger partial charge in [-0.15, -0.1) is 0 Å². The predicted molar refractivity (Wildman–Crippen MR) is 102 cm³/mol. The molecule has 0 aromatic carbocycles. The molecule has 0 saturated carbocycles. The average molecular weight is 385 g/mol. The second kappa shape index (κ2) is 9.10. The smallest absolute Gasteiger partial charge is 0.343 e. The number of aliphatic hydroxyl groups excluding tert-OH is 1. The fraction of sp³-hybridized carbons (Fsp3) is 0.833. The van der Waals surface area contributed by atoms with Gasteiger partial charge in [-0.2, -0.15) is 10.1 Å². The van der Waals surface area contributed by atoms with Crippen molar-refractivity contribution in [2.45, 2.75) is 78.0 Å². The standard InChI is InChI=1S/C18H32N4O3S/c1-12(2)9-13(11-23)19-16(24)20-17-22(10-14-7-6-8-25-14)21-15(26-17)18(3,4)5/h12-14,23H,6-11H2,1-5H3,(H,19,24)/t13?,14-/m1/s1. The summed E-state index contributed by atoms with van der Waals surface area (Å²) < 4.78 is 7.49. The Balaban J connectivity index is 2.22. The van der Waals surface area contributed by atoms with Crippen LogP contribution in [0.25, 0.3) is 0 Å². The van der Waals surface area contributed by atoms with Crippen LogP contribution >= 0.6 is 11.3 Å². The number of hydrogen-bond donors (Lipinski definition) is 2. The lowest BCUT2D eigenvalue weighted by molar-refractivity contribution is 0.0928. The van der Waals surface area contributed by atoms with Crippen LogP contribution in [0.5, 0.6) is 0 Å². The van der Waals surface area contributed by atoms with Crippen LogP contribution in [0.15, 0.2) is 4.99 Å². The van der Waals surface area contributed by atoms with E-state index in [0.29, 0.717) is 23.7 Å². The first-order valence-corrected chi connectivity index (χ1v) is 10.2. The summed E-state index contributed by atoms with van der Waals surface area (Å²) in [6.07, 6.45) is 2.89. The molecular formula is C18H32N4O3S. The number of rotatable bonds is 6. The predicted octanol–water partition coefficient (Wildman–Crippen LogP) is 2.44. The number of aliphatic hydroxyl groups is 1. The highest BCUT2D eigenvalue weighted by molar-refractivity contribution is 7.09. The van der Waals surface area contributed by atoms with Crippen molar-refractivity contribution in [3.63, 3.8) is 0 Å². The van der Waals surface area contributed by atoms with Crippen molar-refractivity contribution < 1.29 is 14.6 Å². The molecule has 1 aromatic heterocycles. The molecule has 2 heterocycles. The lowest BCUT2D eigenvalue weighted by atomic mass is 9.98. The van der Waals surface area contributed by atoms with Gasteiger partial charge >= 0.3 is 6.03 Å².